The van der Waals surface area contributed by atoms with Crippen LogP contribution < -0.4 is 10.1 Å². The zero-order valence-corrected chi connectivity index (χ0v) is 24.6. The largest absolute Gasteiger partial charge is 0.474 e. The number of rotatable bonds is 8. The van der Waals surface area contributed by atoms with Crippen LogP contribution in [0.4, 0.5) is 9.18 Å². The first-order valence-electron chi connectivity index (χ1n) is 13.3. The number of piperidine rings is 1. The van der Waals surface area contributed by atoms with Crippen molar-refractivity contribution in [3.63, 3.8) is 0 Å². The van der Waals surface area contributed by atoms with Crippen LogP contribution in [0.15, 0.2) is 47.3 Å². The SMILES string of the molecule is CC(O)c1nc(-c2cscn2)sc1C(=O)N1C[C@@H]2C(Oc3cc(C(C)(C)NC(=O)O)cc(-c4ccc(F)cc4)n3)[C@@H]2C1. The van der Waals surface area contributed by atoms with E-state index in [1.807, 2.05) is 5.38 Å². The Hall–Kier alpha value is -3.94. The lowest BCUT2D eigenvalue weighted by atomic mass is 9.93. The first kappa shape index (κ1) is 28.2. The molecule has 6 rings (SSSR count). The summed E-state index contributed by atoms with van der Waals surface area (Å²) in [7, 11) is 0. The molecule has 4 aromatic rings. The number of likely N-dealkylation sites (tertiary alicyclic amines) is 1. The predicted octanol–water partition coefficient (Wildman–Crippen LogP) is 5.17. The fourth-order valence-electron chi connectivity index (χ4n) is 5.33. The van der Waals surface area contributed by atoms with Crippen LogP contribution >= 0.6 is 22.7 Å². The monoisotopic (exact) mass is 609 g/mol. The number of aliphatic hydroxyl groups excluding tert-OH is 1. The lowest BCUT2D eigenvalue weighted by Crippen LogP contribution is -2.40. The highest BCUT2D eigenvalue weighted by molar-refractivity contribution is 7.17. The third-order valence-corrected chi connectivity index (χ3v) is 9.31. The van der Waals surface area contributed by atoms with Crippen molar-refractivity contribution in [1.29, 1.82) is 0 Å². The minimum Gasteiger partial charge on any atom is -0.474 e. The molecule has 4 atom stereocenters. The number of benzene rings is 1. The highest BCUT2D eigenvalue weighted by Gasteiger charge is 2.59. The van der Waals surface area contributed by atoms with Crippen LogP contribution in [0.3, 0.4) is 0 Å². The van der Waals surface area contributed by atoms with Crippen molar-refractivity contribution >= 4 is 34.7 Å². The topological polar surface area (TPSA) is 138 Å². The number of amides is 2. The van der Waals surface area contributed by atoms with E-state index in [1.54, 1.807) is 55.4 Å². The lowest BCUT2D eigenvalue weighted by Gasteiger charge is -2.26. The highest BCUT2D eigenvalue weighted by atomic mass is 32.1. The molecular formula is C29H28FN5O5S2. The number of aromatic nitrogens is 3. The van der Waals surface area contributed by atoms with E-state index >= 15 is 0 Å². The van der Waals surface area contributed by atoms with Crippen molar-refractivity contribution in [3.05, 3.63) is 69.2 Å². The fraction of sp³-hybridized carbons (Fsp3) is 0.345. The second-order valence-electron chi connectivity index (χ2n) is 11.0. The second kappa shape index (κ2) is 10.7. The second-order valence-corrected chi connectivity index (χ2v) is 12.8. The van der Waals surface area contributed by atoms with Gasteiger partial charge in [0.25, 0.3) is 5.91 Å². The molecule has 1 aromatic carbocycles. The molecule has 0 spiro atoms. The van der Waals surface area contributed by atoms with Crippen LogP contribution in [0, 0.1) is 17.7 Å². The fourth-order valence-corrected chi connectivity index (χ4v) is 7.03. The number of pyridine rings is 1. The molecule has 2 amide bonds. The summed E-state index contributed by atoms with van der Waals surface area (Å²) >= 11 is 2.68. The Kier molecular flexibility index (Phi) is 7.19. The van der Waals surface area contributed by atoms with Gasteiger partial charge in [-0.15, -0.1) is 22.7 Å². The van der Waals surface area contributed by atoms with Gasteiger partial charge in [-0.3, -0.25) is 4.79 Å². The Morgan fingerprint density at radius 3 is 2.48 bits per heavy atom. The molecule has 1 aliphatic carbocycles. The van der Waals surface area contributed by atoms with Crippen molar-refractivity contribution in [3.8, 4) is 27.8 Å². The van der Waals surface area contributed by atoms with Gasteiger partial charge in [-0.05, 0) is 56.7 Å². The van der Waals surface area contributed by atoms with Crippen molar-refractivity contribution in [2.45, 2.75) is 38.5 Å². The molecule has 3 aromatic heterocycles. The summed E-state index contributed by atoms with van der Waals surface area (Å²) in [6.07, 6.45) is -2.21. The third kappa shape index (κ3) is 5.46. The summed E-state index contributed by atoms with van der Waals surface area (Å²) in [5.74, 6) is 0.00843. The summed E-state index contributed by atoms with van der Waals surface area (Å²) in [5, 5.41) is 24.6. The van der Waals surface area contributed by atoms with E-state index in [2.05, 4.69) is 20.3 Å². The first-order chi connectivity index (χ1) is 20.0. The maximum absolute atomic E-state index is 13.6. The van der Waals surface area contributed by atoms with Gasteiger partial charge in [0.05, 0.1) is 28.5 Å². The molecule has 4 heterocycles. The molecule has 0 radical (unpaired) electrons. The summed E-state index contributed by atoms with van der Waals surface area (Å²) < 4.78 is 19.9. The molecule has 13 heteroatoms. The minimum absolute atomic E-state index is 0.111. The molecule has 3 N–H and O–H groups in total. The number of carbonyl (C=O) groups excluding carboxylic acids is 1. The van der Waals surface area contributed by atoms with Gasteiger partial charge in [0.2, 0.25) is 5.88 Å². The van der Waals surface area contributed by atoms with E-state index in [0.29, 0.717) is 57.1 Å². The number of aliphatic hydroxyl groups is 1. The Morgan fingerprint density at radius 1 is 1.14 bits per heavy atom. The number of fused-ring (bicyclic) bond motifs is 1. The number of hydrogen-bond donors (Lipinski definition) is 3. The molecule has 10 nitrogen and oxygen atoms in total. The number of carboxylic acid groups (broad SMARTS) is 1. The van der Waals surface area contributed by atoms with Gasteiger partial charge in [0.1, 0.15) is 27.5 Å². The molecule has 42 heavy (non-hydrogen) atoms. The molecule has 1 saturated heterocycles. The van der Waals surface area contributed by atoms with Gasteiger partial charge in [-0.25, -0.2) is 24.1 Å². The molecule has 218 valence electrons. The standard InChI is InChI=1S/C29H28FN5O5S2/c1-14(36)23-25(42-26(33-23)21-12-41-13-31-21)27(37)35-10-18-19(11-35)24(18)40-22-9-16(29(2,3)34-28(38)39)8-20(32-22)15-4-6-17(30)7-5-15/h4-9,12-14,18-19,24,34,36H,10-11H2,1-3H3,(H,38,39)/t14?,18-,19+,24?. The molecule has 2 aliphatic rings. The predicted molar refractivity (Wildman–Crippen MR) is 155 cm³/mol. The third-order valence-electron chi connectivity index (χ3n) is 7.64. The van der Waals surface area contributed by atoms with E-state index in [1.165, 1.54) is 34.8 Å². The van der Waals surface area contributed by atoms with Gasteiger partial charge in [-0.1, -0.05) is 0 Å². The Morgan fingerprint density at radius 2 is 1.86 bits per heavy atom. The zero-order valence-electron chi connectivity index (χ0n) is 22.9. The number of nitrogens with one attached hydrogen (secondary N) is 1. The number of ether oxygens (including phenoxy) is 1. The summed E-state index contributed by atoms with van der Waals surface area (Å²) in [6, 6.07) is 9.38. The van der Waals surface area contributed by atoms with Crippen LogP contribution in [0.25, 0.3) is 22.0 Å². The maximum atomic E-state index is 13.6. The average molecular weight is 610 g/mol. The van der Waals surface area contributed by atoms with Gasteiger partial charge in [0.15, 0.2) is 0 Å². The van der Waals surface area contributed by atoms with Gasteiger partial charge in [-0.2, -0.15) is 0 Å². The lowest BCUT2D eigenvalue weighted by molar-refractivity contribution is 0.0749. The van der Waals surface area contributed by atoms with Crippen LogP contribution in [0.1, 0.15) is 47.8 Å². The molecule has 1 saturated carbocycles. The quantitative estimate of drug-likeness (QED) is 0.249. The molecule has 2 unspecified atom stereocenters. The summed E-state index contributed by atoms with van der Waals surface area (Å²) in [4.78, 5) is 40.5. The number of carbonyl (C=O) groups is 2. The number of thiazole rings is 2. The van der Waals surface area contributed by atoms with Crippen molar-refractivity contribution in [2.24, 2.45) is 11.8 Å². The summed E-state index contributed by atoms with van der Waals surface area (Å²) in [6.45, 7) is 6.06. The minimum atomic E-state index is -1.16. The normalized spacial score (nSPS) is 20.2. The summed E-state index contributed by atoms with van der Waals surface area (Å²) in [5.41, 5.74) is 3.62. The van der Waals surface area contributed by atoms with E-state index < -0.39 is 17.7 Å². The Bertz CT molecular complexity index is 1630. The smallest absolute Gasteiger partial charge is 0.405 e. The van der Waals surface area contributed by atoms with E-state index in [9.17, 15) is 24.2 Å². The van der Waals surface area contributed by atoms with Gasteiger partial charge in [0, 0.05) is 41.9 Å². The van der Waals surface area contributed by atoms with Crippen molar-refractivity contribution in [1.82, 2.24) is 25.2 Å². The number of hydrogen-bond acceptors (Lipinski definition) is 9. The van der Waals surface area contributed by atoms with Crippen LogP contribution in [-0.4, -0.2) is 61.3 Å². The van der Waals surface area contributed by atoms with Crippen LogP contribution in [-0.2, 0) is 5.54 Å². The molecule has 2 fully saturated rings. The van der Waals surface area contributed by atoms with Crippen LogP contribution in [0.5, 0.6) is 5.88 Å². The Balaban J connectivity index is 1.19. The van der Waals surface area contributed by atoms with Gasteiger partial charge >= 0.3 is 6.09 Å². The molecule has 0 bridgehead atoms. The first-order valence-corrected chi connectivity index (χ1v) is 15.1. The highest BCUT2D eigenvalue weighted by Crippen LogP contribution is 2.49. The zero-order chi connectivity index (χ0) is 29.8. The molecule has 1 aliphatic heterocycles. The van der Waals surface area contributed by atoms with Crippen molar-refractivity contribution in [2.75, 3.05) is 13.1 Å². The van der Waals surface area contributed by atoms with Crippen LogP contribution in [0.2, 0.25) is 0 Å². The van der Waals surface area contributed by atoms with E-state index in [4.69, 9.17) is 4.74 Å². The number of nitrogens with zero attached hydrogens (tertiary/aromatic N) is 4. The van der Waals surface area contributed by atoms with E-state index in [0.717, 1.165) is 0 Å². The molecular weight excluding hydrogens is 581 g/mol. The Labute approximate surface area is 248 Å². The number of halogens is 1. The van der Waals surface area contributed by atoms with Crippen molar-refractivity contribution < 1.29 is 28.9 Å². The maximum Gasteiger partial charge on any atom is 0.405 e. The van der Waals surface area contributed by atoms with Gasteiger partial charge < -0.3 is 25.2 Å². The van der Waals surface area contributed by atoms with E-state index in [-0.39, 0.29) is 29.7 Å². The average Bonchev–Trinajstić information content (AvgIpc) is 3.47.